The largest absolute Gasteiger partial charge is 0.332 e. The van der Waals surface area contributed by atoms with Gasteiger partial charge in [0.1, 0.15) is 5.69 Å². The molecule has 136 valence electrons. The van der Waals surface area contributed by atoms with Gasteiger partial charge in [-0.3, -0.25) is 9.78 Å². The fourth-order valence-corrected chi connectivity index (χ4v) is 4.67. The molecule has 2 aromatic rings. The van der Waals surface area contributed by atoms with Crippen LogP contribution in [0.3, 0.4) is 0 Å². The quantitative estimate of drug-likeness (QED) is 0.835. The zero-order valence-corrected chi connectivity index (χ0v) is 15.3. The minimum Gasteiger partial charge on any atom is -0.332 e. The average Bonchev–Trinajstić information content (AvgIpc) is 2.93. The van der Waals surface area contributed by atoms with Gasteiger partial charge in [-0.2, -0.15) is 0 Å². The van der Waals surface area contributed by atoms with E-state index in [9.17, 15) is 4.79 Å². The Kier molecular flexibility index (Phi) is 4.98. The second kappa shape index (κ2) is 7.54. The van der Waals surface area contributed by atoms with E-state index < -0.39 is 0 Å². The van der Waals surface area contributed by atoms with Gasteiger partial charge in [0.15, 0.2) is 0 Å². The van der Waals surface area contributed by atoms with E-state index in [1.54, 1.807) is 18.6 Å². The number of hydrogen-bond donors (Lipinski definition) is 0. The highest BCUT2D eigenvalue weighted by atomic mass is 16.2. The minimum atomic E-state index is 0.0197. The molecule has 0 N–H and O–H groups in total. The molecule has 26 heavy (non-hydrogen) atoms. The normalized spacial score (nSPS) is 26.8. The van der Waals surface area contributed by atoms with Crippen LogP contribution in [0.2, 0.25) is 0 Å². The molecule has 2 saturated heterocycles. The maximum absolute atomic E-state index is 13.3. The first kappa shape index (κ1) is 17.2. The molecule has 5 nitrogen and oxygen atoms in total. The SMILES string of the molecule is CN1CC[C@H](c2ccccc2)[C@@H]2[C@H]1CCCCN2C(=O)c1cnccn1. The van der Waals surface area contributed by atoms with Crippen molar-refractivity contribution >= 4 is 5.91 Å². The Morgan fingerprint density at radius 1 is 1.08 bits per heavy atom. The van der Waals surface area contributed by atoms with Gasteiger partial charge in [0.25, 0.3) is 5.91 Å². The number of carbonyl (C=O) groups is 1. The summed E-state index contributed by atoms with van der Waals surface area (Å²) in [6.45, 7) is 1.88. The summed E-state index contributed by atoms with van der Waals surface area (Å²) < 4.78 is 0. The highest BCUT2D eigenvalue weighted by Crippen LogP contribution is 2.38. The van der Waals surface area contributed by atoms with Crippen molar-refractivity contribution in [1.82, 2.24) is 19.8 Å². The van der Waals surface area contributed by atoms with Crippen LogP contribution in [0.1, 0.15) is 47.7 Å². The Morgan fingerprint density at radius 3 is 2.69 bits per heavy atom. The van der Waals surface area contributed by atoms with E-state index in [4.69, 9.17) is 0 Å². The van der Waals surface area contributed by atoms with E-state index in [-0.39, 0.29) is 11.9 Å². The van der Waals surface area contributed by atoms with Crippen molar-refractivity contribution in [1.29, 1.82) is 0 Å². The van der Waals surface area contributed by atoms with Gasteiger partial charge in [-0.15, -0.1) is 0 Å². The van der Waals surface area contributed by atoms with Crippen LogP contribution in [-0.2, 0) is 0 Å². The van der Waals surface area contributed by atoms with Crippen LogP contribution in [-0.4, -0.2) is 57.9 Å². The fraction of sp³-hybridized carbons (Fsp3) is 0.476. The number of aromatic nitrogens is 2. The topological polar surface area (TPSA) is 49.3 Å². The molecule has 0 bridgehead atoms. The molecule has 0 aliphatic carbocycles. The molecular weight excluding hydrogens is 324 g/mol. The van der Waals surface area contributed by atoms with Crippen LogP contribution < -0.4 is 0 Å². The number of nitrogens with zero attached hydrogens (tertiary/aromatic N) is 4. The predicted octanol–water partition coefficient (Wildman–Crippen LogP) is 2.96. The van der Waals surface area contributed by atoms with E-state index in [0.717, 1.165) is 38.8 Å². The summed E-state index contributed by atoms with van der Waals surface area (Å²) >= 11 is 0. The van der Waals surface area contributed by atoms with Gasteiger partial charge in [-0.05, 0) is 38.4 Å². The molecule has 5 heteroatoms. The maximum atomic E-state index is 13.3. The lowest BCUT2D eigenvalue weighted by Gasteiger charge is -2.48. The number of amides is 1. The zero-order chi connectivity index (χ0) is 17.9. The average molecular weight is 350 g/mol. The van der Waals surface area contributed by atoms with E-state index in [1.165, 1.54) is 5.56 Å². The number of hydrogen-bond acceptors (Lipinski definition) is 4. The monoisotopic (exact) mass is 350 g/mol. The summed E-state index contributed by atoms with van der Waals surface area (Å²) in [5.74, 6) is 0.391. The third-order valence-electron chi connectivity index (χ3n) is 5.95. The second-order valence-electron chi connectivity index (χ2n) is 7.43. The number of likely N-dealkylation sites (tertiary alicyclic amines) is 2. The van der Waals surface area contributed by atoms with Gasteiger partial charge in [0, 0.05) is 30.9 Å². The molecule has 0 saturated carbocycles. The predicted molar refractivity (Wildman–Crippen MR) is 101 cm³/mol. The Bertz CT molecular complexity index is 736. The van der Waals surface area contributed by atoms with Crippen molar-refractivity contribution in [3.05, 3.63) is 60.2 Å². The van der Waals surface area contributed by atoms with Crippen molar-refractivity contribution < 1.29 is 4.79 Å². The van der Waals surface area contributed by atoms with E-state index >= 15 is 0 Å². The third kappa shape index (κ3) is 3.23. The van der Waals surface area contributed by atoms with Gasteiger partial charge in [-0.25, -0.2) is 4.98 Å². The molecule has 1 amide bonds. The van der Waals surface area contributed by atoms with Crippen LogP contribution in [0, 0.1) is 0 Å². The lowest BCUT2D eigenvalue weighted by atomic mass is 9.79. The van der Waals surface area contributed by atoms with Crippen LogP contribution in [0.25, 0.3) is 0 Å². The van der Waals surface area contributed by atoms with Crippen molar-refractivity contribution in [3.8, 4) is 0 Å². The van der Waals surface area contributed by atoms with E-state index in [1.807, 2.05) is 0 Å². The first-order valence-corrected chi connectivity index (χ1v) is 9.58. The first-order valence-electron chi connectivity index (χ1n) is 9.58. The number of likely N-dealkylation sites (N-methyl/N-ethyl adjacent to an activating group) is 1. The van der Waals surface area contributed by atoms with Crippen molar-refractivity contribution in [3.63, 3.8) is 0 Å². The van der Waals surface area contributed by atoms with Gasteiger partial charge < -0.3 is 9.80 Å². The minimum absolute atomic E-state index is 0.0197. The number of rotatable bonds is 2. The summed E-state index contributed by atoms with van der Waals surface area (Å²) in [5.41, 5.74) is 1.79. The van der Waals surface area contributed by atoms with E-state index in [2.05, 4.69) is 57.1 Å². The van der Waals surface area contributed by atoms with Gasteiger partial charge in [0.2, 0.25) is 0 Å². The van der Waals surface area contributed by atoms with Gasteiger partial charge >= 0.3 is 0 Å². The smallest absolute Gasteiger partial charge is 0.274 e. The molecule has 0 spiro atoms. The standard InChI is InChI=1S/C21H26N4O/c1-24-14-10-17(16-7-3-2-4-8-16)20-19(24)9-5-6-13-25(20)21(26)18-15-22-11-12-23-18/h2-4,7-8,11-12,15,17,19-20H,5-6,9-10,13-14H2,1H3/t17-,19-,20-/m1/s1. The molecule has 2 fully saturated rings. The van der Waals surface area contributed by atoms with Crippen molar-refractivity contribution in [2.24, 2.45) is 0 Å². The molecule has 0 radical (unpaired) electrons. The van der Waals surface area contributed by atoms with Gasteiger partial charge in [0.05, 0.1) is 12.2 Å². The number of carbonyl (C=O) groups excluding carboxylic acids is 1. The molecular formula is C21H26N4O. The lowest BCUT2D eigenvalue weighted by molar-refractivity contribution is 0.0341. The van der Waals surface area contributed by atoms with E-state index in [0.29, 0.717) is 17.7 Å². The highest BCUT2D eigenvalue weighted by Gasteiger charge is 2.43. The van der Waals surface area contributed by atoms with Crippen LogP contribution in [0.4, 0.5) is 0 Å². The van der Waals surface area contributed by atoms with Crippen LogP contribution in [0.5, 0.6) is 0 Å². The molecule has 0 unspecified atom stereocenters. The molecule has 2 aliphatic heterocycles. The molecule has 1 aromatic heterocycles. The molecule has 3 atom stereocenters. The molecule has 1 aromatic carbocycles. The van der Waals surface area contributed by atoms with Crippen LogP contribution >= 0.6 is 0 Å². The Morgan fingerprint density at radius 2 is 1.92 bits per heavy atom. The summed E-state index contributed by atoms with van der Waals surface area (Å²) in [6, 6.07) is 11.3. The summed E-state index contributed by atoms with van der Waals surface area (Å²) in [5, 5.41) is 0. The Balaban J connectivity index is 1.73. The fourth-order valence-electron chi connectivity index (χ4n) is 4.67. The Labute approximate surface area is 155 Å². The van der Waals surface area contributed by atoms with Crippen LogP contribution in [0.15, 0.2) is 48.9 Å². The number of piperidine rings is 1. The molecule has 2 aliphatic rings. The summed E-state index contributed by atoms with van der Waals surface area (Å²) in [4.78, 5) is 26.2. The summed E-state index contributed by atoms with van der Waals surface area (Å²) in [6.07, 6.45) is 9.24. The first-order chi connectivity index (χ1) is 12.8. The number of fused-ring (bicyclic) bond motifs is 1. The van der Waals surface area contributed by atoms with Gasteiger partial charge in [-0.1, -0.05) is 36.8 Å². The number of benzene rings is 1. The summed E-state index contributed by atoms with van der Waals surface area (Å²) in [7, 11) is 2.20. The molecule has 3 heterocycles. The molecule has 4 rings (SSSR count). The lowest BCUT2D eigenvalue weighted by Crippen LogP contribution is -2.58. The van der Waals surface area contributed by atoms with Crippen molar-refractivity contribution in [2.75, 3.05) is 20.1 Å². The Hall–Kier alpha value is -2.27. The zero-order valence-electron chi connectivity index (χ0n) is 15.3. The third-order valence-corrected chi connectivity index (χ3v) is 5.95. The highest BCUT2D eigenvalue weighted by molar-refractivity contribution is 5.92. The second-order valence-corrected chi connectivity index (χ2v) is 7.43. The van der Waals surface area contributed by atoms with Crippen molar-refractivity contribution in [2.45, 2.75) is 43.7 Å². The maximum Gasteiger partial charge on any atom is 0.274 e.